The molecule has 1 aromatic heterocycles. The van der Waals surface area contributed by atoms with Crippen LogP contribution in [0.1, 0.15) is 30.0 Å². The molecular weight excluding hydrogens is 337 g/mol. The van der Waals surface area contributed by atoms with Gasteiger partial charge in [-0.25, -0.2) is 4.39 Å². The fourth-order valence-corrected chi connectivity index (χ4v) is 3.40. The van der Waals surface area contributed by atoms with E-state index in [4.69, 9.17) is 4.74 Å². The van der Waals surface area contributed by atoms with Crippen LogP contribution in [0.25, 0.3) is 0 Å². The first kappa shape index (κ1) is 17.5. The van der Waals surface area contributed by atoms with Crippen LogP contribution in [0, 0.1) is 12.7 Å². The van der Waals surface area contributed by atoms with Crippen LogP contribution < -0.4 is 4.74 Å². The molecule has 6 heteroatoms. The largest absolute Gasteiger partial charge is 0.482 e. The number of ether oxygens (including phenoxy) is 1. The average molecular weight is 357 g/mol. The van der Waals surface area contributed by atoms with Gasteiger partial charge in [0.05, 0.1) is 0 Å². The van der Waals surface area contributed by atoms with Gasteiger partial charge in [-0.15, -0.1) is 10.2 Å². The molecule has 1 atom stereocenters. The normalized spacial score (nSPS) is 12.2. The minimum atomic E-state index is -0.235. The molecule has 0 aliphatic heterocycles. The van der Waals surface area contributed by atoms with Crippen LogP contribution in [0.2, 0.25) is 0 Å². The molecule has 3 rings (SSSR count). The van der Waals surface area contributed by atoms with Gasteiger partial charge < -0.3 is 9.30 Å². The standard InChI is InChI=1S/C19H20FN3OS/c1-13-8-4-7-11-17(13)24-14(2)18-21-22-19(23(18)3)25-12-15-9-5-6-10-16(15)20/h4-11,14H,12H2,1-3H3. The highest BCUT2D eigenvalue weighted by Crippen LogP contribution is 2.27. The Balaban J connectivity index is 1.70. The lowest BCUT2D eigenvalue weighted by Crippen LogP contribution is -2.10. The number of hydrogen-bond acceptors (Lipinski definition) is 4. The van der Waals surface area contributed by atoms with Gasteiger partial charge in [0.15, 0.2) is 17.1 Å². The van der Waals surface area contributed by atoms with Gasteiger partial charge in [0.25, 0.3) is 0 Å². The molecule has 1 heterocycles. The molecule has 0 radical (unpaired) electrons. The molecule has 3 aromatic rings. The van der Waals surface area contributed by atoms with E-state index >= 15 is 0 Å². The maximum absolute atomic E-state index is 13.7. The minimum Gasteiger partial charge on any atom is -0.482 e. The SMILES string of the molecule is Cc1ccccc1OC(C)c1nnc(SCc2ccccc2F)n1C. The fraction of sp³-hybridized carbons (Fsp3) is 0.263. The Labute approximate surface area is 151 Å². The zero-order chi connectivity index (χ0) is 17.8. The number of hydrogen-bond donors (Lipinski definition) is 0. The molecule has 0 amide bonds. The first-order valence-corrected chi connectivity index (χ1v) is 9.02. The van der Waals surface area contributed by atoms with Crippen molar-refractivity contribution in [2.75, 3.05) is 0 Å². The van der Waals surface area contributed by atoms with Crippen molar-refractivity contribution in [2.45, 2.75) is 30.9 Å². The van der Waals surface area contributed by atoms with E-state index in [2.05, 4.69) is 10.2 Å². The Morgan fingerprint density at radius 1 is 1.12 bits per heavy atom. The summed E-state index contributed by atoms with van der Waals surface area (Å²) in [7, 11) is 1.90. The number of aryl methyl sites for hydroxylation is 1. The van der Waals surface area contributed by atoms with Crippen molar-refractivity contribution < 1.29 is 9.13 Å². The maximum atomic E-state index is 13.7. The van der Waals surface area contributed by atoms with Crippen LogP contribution in [-0.4, -0.2) is 14.8 Å². The molecule has 25 heavy (non-hydrogen) atoms. The summed E-state index contributed by atoms with van der Waals surface area (Å²) >= 11 is 1.46. The number of halogens is 1. The number of aromatic nitrogens is 3. The van der Waals surface area contributed by atoms with E-state index in [1.165, 1.54) is 17.8 Å². The number of benzene rings is 2. The Bertz CT molecular complexity index is 865. The zero-order valence-electron chi connectivity index (χ0n) is 14.4. The summed E-state index contributed by atoms with van der Waals surface area (Å²) in [5.74, 6) is 1.87. The van der Waals surface area contributed by atoms with Crippen LogP contribution >= 0.6 is 11.8 Å². The van der Waals surface area contributed by atoms with E-state index in [0.717, 1.165) is 22.3 Å². The van der Waals surface area contributed by atoms with Crippen molar-refractivity contribution in [2.24, 2.45) is 7.05 Å². The predicted octanol–water partition coefficient (Wildman–Crippen LogP) is 4.69. The number of rotatable bonds is 6. The lowest BCUT2D eigenvalue weighted by atomic mass is 10.2. The third kappa shape index (κ3) is 4.02. The van der Waals surface area contributed by atoms with Gasteiger partial charge in [0.2, 0.25) is 0 Å². The summed E-state index contributed by atoms with van der Waals surface area (Å²) in [5.41, 5.74) is 1.73. The van der Waals surface area contributed by atoms with Crippen molar-refractivity contribution in [3.63, 3.8) is 0 Å². The summed E-state index contributed by atoms with van der Waals surface area (Å²) in [5, 5.41) is 9.20. The monoisotopic (exact) mass is 357 g/mol. The number of para-hydroxylation sites is 1. The molecule has 0 saturated heterocycles. The molecular formula is C19H20FN3OS. The second kappa shape index (κ2) is 7.70. The van der Waals surface area contributed by atoms with Gasteiger partial charge in [-0.3, -0.25) is 0 Å². The van der Waals surface area contributed by atoms with Gasteiger partial charge in [-0.1, -0.05) is 48.2 Å². The van der Waals surface area contributed by atoms with Gasteiger partial charge in [0, 0.05) is 12.8 Å². The molecule has 2 aromatic carbocycles. The van der Waals surface area contributed by atoms with Crippen molar-refractivity contribution in [1.29, 1.82) is 0 Å². The summed E-state index contributed by atoms with van der Waals surface area (Å²) in [6.07, 6.45) is -0.235. The Morgan fingerprint density at radius 2 is 1.84 bits per heavy atom. The predicted molar refractivity (Wildman–Crippen MR) is 97.2 cm³/mol. The van der Waals surface area contributed by atoms with Crippen LogP contribution in [0.15, 0.2) is 53.7 Å². The van der Waals surface area contributed by atoms with E-state index in [0.29, 0.717) is 11.3 Å². The third-order valence-electron chi connectivity index (χ3n) is 3.94. The summed E-state index contributed by atoms with van der Waals surface area (Å²) in [6.45, 7) is 3.95. The minimum absolute atomic E-state index is 0.200. The Kier molecular flexibility index (Phi) is 5.38. The van der Waals surface area contributed by atoms with Crippen molar-refractivity contribution in [3.05, 3.63) is 71.3 Å². The van der Waals surface area contributed by atoms with Crippen molar-refractivity contribution in [3.8, 4) is 5.75 Å². The van der Waals surface area contributed by atoms with Gasteiger partial charge in [-0.2, -0.15) is 0 Å². The van der Waals surface area contributed by atoms with Crippen LogP contribution in [-0.2, 0) is 12.8 Å². The summed E-state index contributed by atoms with van der Waals surface area (Å²) in [4.78, 5) is 0. The highest BCUT2D eigenvalue weighted by molar-refractivity contribution is 7.98. The molecule has 0 N–H and O–H groups in total. The first-order chi connectivity index (χ1) is 12.1. The lowest BCUT2D eigenvalue weighted by Gasteiger charge is -2.15. The van der Waals surface area contributed by atoms with Crippen molar-refractivity contribution in [1.82, 2.24) is 14.8 Å². The van der Waals surface area contributed by atoms with Crippen LogP contribution in [0.3, 0.4) is 0 Å². The fourth-order valence-electron chi connectivity index (χ4n) is 2.50. The average Bonchev–Trinajstić information content (AvgIpc) is 2.97. The smallest absolute Gasteiger partial charge is 0.191 e. The lowest BCUT2D eigenvalue weighted by molar-refractivity contribution is 0.210. The molecule has 1 unspecified atom stereocenters. The maximum Gasteiger partial charge on any atom is 0.191 e. The molecule has 130 valence electrons. The Hall–Kier alpha value is -2.34. The topological polar surface area (TPSA) is 39.9 Å². The Morgan fingerprint density at radius 3 is 2.60 bits per heavy atom. The molecule has 4 nitrogen and oxygen atoms in total. The van der Waals surface area contributed by atoms with E-state index in [1.54, 1.807) is 12.1 Å². The quantitative estimate of drug-likeness (QED) is 0.600. The van der Waals surface area contributed by atoms with E-state index in [-0.39, 0.29) is 11.9 Å². The van der Waals surface area contributed by atoms with Gasteiger partial charge >= 0.3 is 0 Å². The number of nitrogens with zero attached hydrogens (tertiary/aromatic N) is 3. The highest BCUT2D eigenvalue weighted by Gasteiger charge is 2.18. The van der Waals surface area contributed by atoms with Gasteiger partial charge in [-0.05, 0) is 37.1 Å². The molecule has 0 aliphatic rings. The van der Waals surface area contributed by atoms with Crippen LogP contribution in [0.4, 0.5) is 4.39 Å². The first-order valence-electron chi connectivity index (χ1n) is 8.04. The van der Waals surface area contributed by atoms with E-state index in [1.807, 2.05) is 55.8 Å². The summed E-state index contributed by atoms with van der Waals surface area (Å²) < 4.78 is 21.6. The molecule has 0 aliphatic carbocycles. The second-order valence-corrected chi connectivity index (χ2v) is 6.75. The van der Waals surface area contributed by atoms with Crippen LogP contribution in [0.5, 0.6) is 5.75 Å². The highest BCUT2D eigenvalue weighted by atomic mass is 32.2. The third-order valence-corrected chi connectivity index (χ3v) is 5.01. The zero-order valence-corrected chi connectivity index (χ0v) is 15.3. The molecule has 0 bridgehead atoms. The van der Waals surface area contributed by atoms with Crippen molar-refractivity contribution >= 4 is 11.8 Å². The van der Waals surface area contributed by atoms with E-state index in [9.17, 15) is 4.39 Å². The molecule has 0 saturated carbocycles. The molecule has 0 fully saturated rings. The number of thioether (sulfide) groups is 1. The van der Waals surface area contributed by atoms with E-state index < -0.39 is 0 Å². The summed E-state index contributed by atoms with van der Waals surface area (Å²) in [6, 6.07) is 14.6. The second-order valence-electron chi connectivity index (χ2n) is 5.81. The van der Waals surface area contributed by atoms with Gasteiger partial charge in [0.1, 0.15) is 11.6 Å². The molecule has 0 spiro atoms.